The van der Waals surface area contributed by atoms with Gasteiger partial charge in [0.15, 0.2) is 0 Å². The second-order valence-electron chi connectivity index (χ2n) is 4.26. The molecule has 2 atom stereocenters. The highest BCUT2D eigenvalue weighted by Gasteiger charge is 2.39. The molecule has 0 heterocycles. The zero-order chi connectivity index (χ0) is 10.1. The summed E-state index contributed by atoms with van der Waals surface area (Å²) in [7, 11) is 0. The molecule has 13 heavy (non-hydrogen) atoms. The highest BCUT2D eigenvalue weighted by atomic mass is 16.7. The molecular formula is C10H16O3. The van der Waals surface area contributed by atoms with Crippen LogP contribution in [0.15, 0.2) is 12.7 Å². The lowest BCUT2D eigenvalue weighted by Crippen LogP contribution is -2.25. The van der Waals surface area contributed by atoms with Gasteiger partial charge in [-0.3, -0.25) is 0 Å². The fourth-order valence-corrected chi connectivity index (χ4v) is 0.971. The van der Waals surface area contributed by atoms with Crippen LogP contribution in [0.3, 0.4) is 0 Å². The molecule has 2 unspecified atom stereocenters. The number of ether oxygens (including phenoxy) is 2. The summed E-state index contributed by atoms with van der Waals surface area (Å²) >= 11 is 0. The van der Waals surface area contributed by atoms with Crippen LogP contribution in [0.25, 0.3) is 0 Å². The van der Waals surface area contributed by atoms with E-state index in [-0.39, 0.29) is 6.10 Å². The first-order valence-corrected chi connectivity index (χ1v) is 4.44. The second kappa shape index (κ2) is 3.40. The Balaban J connectivity index is 2.23. The Morgan fingerprint density at radius 3 is 2.54 bits per heavy atom. The maximum absolute atomic E-state index is 11.1. The summed E-state index contributed by atoms with van der Waals surface area (Å²) in [4.78, 5) is 11.1. The molecule has 1 saturated carbocycles. The summed E-state index contributed by atoms with van der Waals surface area (Å²) in [5.41, 5.74) is -0.477. The zero-order valence-electron chi connectivity index (χ0n) is 8.37. The molecule has 3 nitrogen and oxygen atoms in total. The van der Waals surface area contributed by atoms with Crippen LogP contribution in [0.4, 0.5) is 4.79 Å². The lowest BCUT2D eigenvalue weighted by molar-refractivity contribution is -0.0120. The van der Waals surface area contributed by atoms with E-state index in [2.05, 4.69) is 6.58 Å². The first-order chi connectivity index (χ1) is 5.92. The van der Waals surface area contributed by atoms with Crippen LogP contribution in [0.5, 0.6) is 0 Å². The van der Waals surface area contributed by atoms with E-state index in [9.17, 15) is 4.79 Å². The first-order valence-electron chi connectivity index (χ1n) is 4.44. The van der Waals surface area contributed by atoms with Crippen LogP contribution in [0.1, 0.15) is 27.2 Å². The van der Waals surface area contributed by atoms with Gasteiger partial charge in [-0.2, -0.15) is 0 Å². The van der Waals surface area contributed by atoms with Crippen LogP contribution in [0, 0.1) is 5.92 Å². The molecule has 0 aromatic carbocycles. The van der Waals surface area contributed by atoms with Crippen LogP contribution < -0.4 is 0 Å². The summed E-state index contributed by atoms with van der Waals surface area (Å²) in [6.45, 7) is 9.06. The Bertz CT molecular complexity index is 215. The van der Waals surface area contributed by atoms with Gasteiger partial charge in [0.2, 0.25) is 0 Å². The monoisotopic (exact) mass is 184 g/mol. The maximum Gasteiger partial charge on any atom is 0.509 e. The number of carbonyl (C=O) groups is 1. The van der Waals surface area contributed by atoms with Gasteiger partial charge in [-0.25, -0.2) is 4.79 Å². The molecule has 3 heteroatoms. The Hall–Kier alpha value is -0.990. The van der Waals surface area contributed by atoms with Gasteiger partial charge in [0.1, 0.15) is 11.7 Å². The number of hydrogen-bond acceptors (Lipinski definition) is 3. The Morgan fingerprint density at radius 2 is 2.15 bits per heavy atom. The molecule has 0 aromatic heterocycles. The van der Waals surface area contributed by atoms with E-state index in [1.165, 1.54) is 0 Å². The van der Waals surface area contributed by atoms with E-state index in [1.54, 1.807) is 6.08 Å². The van der Waals surface area contributed by atoms with Crippen molar-refractivity contribution in [1.82, 2.24) is 0 Å². The van der Waals surface area contributed by atoms with Gasteiger partial charge in [-0.05, 0) is 27.2 Å². The number of carbonyl (C=O) groups excluding carboxylic acids is 1. The van der Waals surface area contributed by atoms with Gasteiger partial charge >= 0.3 is 6.16 Å². The minimum Gasteiger partial charge on any atom is -0.430 e. The van der Waals surface area contributed by atoms with Crippen molar-refractivity contribution in [3.63, 3.8) is 0 Å². The van der Waals surface area contributed by atoms with E-state index >= 15 is 0 Å². The van der Waals surface area contributed by atoms with E-state index in [0.29, 0.717) is 5.92 Å². The van der Waals surface area contributed by atoms with Crippen molar-refractivity contribution >= 4 is 6.16 Å². The highest BCUT2D eigenvalue weighted by Crippen LogP contribution is 2.34. The largest absolute Gasteiger partial charge is 0.509 e. The second-order valence-corrected chi connectivity index (χ2v) is 4.26. The molecule has 0 amide bonds. The molecular weight excluding hydrogens is 168 g/mol. The molecule has 0 aliphatic heterocycles. The normalized spacial score (nSPS) is 26.4. The molecule has 74 valence electrons. The van der Waals surface area contributed by atoms with Gasteiger partial charge in [-0.15, -0.1) is 6.58 Å². The zero-order valence-corrected chi connectivity index (χ0v) is 8.37. The molecule has 0 radical (unpaired) electrons. The van der Waals surface area contributed by atoms with Crippen molar-refractivity contribution < 1.29 is 14.3 Å². The standard InChI is InChI=1S/C10H16O3/c1-5-7-6-8(7)12-9(11)13-10(2,3)4/h5,7-8H,1,6H2,2-4H3. The van der Waals surface area contributed by atoms with Crippen LogP contribution in [-0.4, -0.2) is 17.9 Å². The Kier molecular flexibility index (Phi) is 2.64. The van der Waals surface area contributed by atoms with Gasteiger partial charge in [0.25, 0.3) is 0 Å². The Morgan fingerprint density at radius 1 is 1.54 bits per heavy atom. The molecule has 1 rings (SSSR count). The minimum absolute atomic E-state index is 0.00708. The van der Waals surface area contributed by atoms with Crippen molar-refractivity contribution in [2.24, 2.45) is 5.92 Å². The molecule has 1 aliphatic rings. The average molecular weight is 184 g/mol. The van der Waals surface area contributed by atoms with Crippen molar-refractivity contribution in [3.8, 4) is 0 Å². The SMILES string of the molecule is C=CC1CC1OC(=O)OC(C)(C)C. The highest BCUT2D eigenvalue weighted by molar-refractivity contribution is 5.61. The van der Waals surface area contributed by atoms with E-state index in [4.69, 9.17) is 9.47 Å². The predicted molar refractivity (Wildman–Crippen MR) is 49.4 cm³/mol. The van der Waals surface area contributed by atoms with Crippen molar-refractivity contribution in [1.29, 1.82) is 0 Å². The van der Waals surface area contributed by atoms with Crippen molar-refractivity contribution in [2.45, 2.75) is 38.9 Å². The van der Waals surface area contributed by atoms with E-state index in [0.717, 1.165) is 6.42 Å². The van der Waals surface area contributed by atoms with Gasteiger partial charge in [0.05, 0.1) is 0 Å². The van der Waals surface area contributed by atoms with E-state index < -0.39 is 11.8 Å². The average Bonchev–Trinajstić information content (AvgIpc) is 2.62. The first kappa shape index (κ1) is 10.1. The van der Waals surface area contributed by atoms with Crippen molar-refractivity contribution in [3.05, 3.63) is 12.7 Å². The third-order valence-corrected chi connectivity index (χ3v) is 1.72. The lowest BCUT2D eigenvalue weighted by atomic mass is 10.2. The molecule has 0 aromatic rings. The van der Waals surface area contributed by atoms with Crippen molar-refractivity contribution in [2.75, 3.05) is 0 Å². The van der Waals surface area contributed by atoms with Crippen LogP contribution >= 0.6 is 0 Å². The van der Waals surface area contributed by atoms with Crippen LogP contribution in [-0.2, 0) is 9.47 Å². The number of rotatable bonds is 2. The molecule has 0 bridgehead atoms. The van der Waals surface area contributed by atoms with Crippen LogP contribution in [0.2, 0.25) is 0 Å². The summed E-state index contributed by atoms with van der Waals surface area (Å²) < 4.78 is 9.99. The van der Waals surface area contributed by atoms with Gasteiger partial charge in [-0.1, -0.05) is 6.08 Å². The summed E-state index contributed by atoms with van der Waals surface area (Å²) in [6.07, 6.45) is 2.09. The topological polar surface area (TPSA) is 35.5 Å². The Labute approximate surface area is 78.7 Å². The molecule has 0 spiro atoms. The molecule has 0 saturated heterocycles. The van der Waals surface area contributed by atoms with Gasteiger partial charge < -0.3 is 9.47 Å². The minimum atomic E-state index is -0.582. The third-order valence-electron chi connectivity index (χ3n) is 1.72. The van der Waals surface area contributed by atoms with Gasteiger partial charge in [0, 0.05) is 5.92 Å². The molecule has 1 fully saturated rings. The number of hydrogen-bond donors (Lipinski definition) is 0. The summed E-state index contributed by atoms with van der Waals surface area (Å²) in [5.74, 6) is 0.326. The maximum atomic E-state index is 11.1. The quantitative estimate of drug-likeness (QED) is 0.488. The molecule has 1 aliphatic carbocycles. The molecule has 0 N–H and O–H groups in total. The fraction of sp³-hybridized carbons (Fsp3) is 0.700. The van der Waals surface area contributed by atoms with E-state index in [1.807, 2.05) is 20.8 Å². The lowest BCUT2D eigenvalue weighted by Gasteiger charge is -2.18. The fourth-order valence-electron chi connectivity index (χ4n) is 0.971. The third kappa shape index (κ3) is 3.49. The summed E-state index contributed by atoms with van der Waals surface area (Å²) in [6, 6.07) is 0. The smallest absolute Gasteiger partial charge is 0.430 e. The summed E-state index contributed by atoms with van der Waals surface area (Å²) in [5, 5.41) is 0. The predicted octanol–water partition coefficient (Wildman–Crippen LogP) is 2.51.